The average molecular weight is 327 g/mol. The van der Waals surface area contributed by atoms with Crippen molar-refractivity contribution in [2.75, 3.05) is 11.4 Å². The Morgan fingerprint density at radius 1 is 1.50 bits per heavy atom. The molecule has 1 aromatic rings. The van der Waals surface area contributed by atoms with E-state index in [4.69, 9.17) is 18.0 Å². The van der Waals surface area contributed by atoms with Crippen molar-refractivity contribution in [1.82, 2.24) is 0 Å². The zero-order chi connectivity index (χ0) is 13.1. The lowest BCUT2D eigenvalue weighted by atomic mass is 10.2. The number of hydrogen-bond acceptors (Lipinski definition) is 2. The van der Waals surface area contributed by atoms with Crippen LogP contribution in [0.15, 0.2) is 22.7 Å². The van der Waals surface area contributed by atoms with Gasteiger partial charge in [0.25, 0.3) is 0 Å². The van der Waals surface area contributed by atoms with Crippen LogP contribution in [0.2, 0.25) is 0 Å². The third-order valence-electron chi connectivity index (χ3n) is 3.29. The zero-order valence-corrected chi connectivity index (χ0v) is 13.1. The highest BCUT2D eigenvalue weighted by Gasteiger charge is 2.29. The maximum absolute atomic E-state index is 5.68. The molecule has 1 aliphatic rings. The van der Waals surface area contributed by atoms with E-state index in [1.54, 1.807) is 0 Å². The number of benzene rings is 1. The molecule has 0 amide bonds. The first-order valence-corrected chi connectivity index (χ1v) is 7.69. The molecule has 0 atom stereocenters. The molecular weight excluding hydrogens is 308 g/mol. The standard InChI is InChI=1S/C14H19BrN2S/c1-2-3-8-17(10-4-5-10)11-6-7-12(14(16)18)13(15)9-11/h6-7,9-10H,2-5,8H2,1H3,(H2,16,18). The Bertz CT molecular complexity index is 443. The van der Waals surface area contributed by atoms with Crippen LogP contribution in [-0.4, -0.2) is 17.6 Å². The third kappa shape index (κ3) is 3.23. The van der Waals surface area contributed by atoms with Gasteiger partial charge in [-0.05, 0) is 53.4 Å². The predicted molar refractivity (Wildman–Crippen MR) is 85.3 cm³/mol. The van der Waals surface area contributed by atoms with Crippen molar-refractivity contribution >= 4 is 38.8 Å². The van der Waals surface area contributed by atoms with Crippen molar-refractivity contribution < 1.29 is 0 Å². The predicted octanol–water partition coefficient (Wildman–Crippen LogP) is 3.85. The quantitative estimate of drug-likeness (QED) is 0.805. The molecular formula is C14H19BrN2S. The molecule has 2 nitrogen and oxygen atoms in total. The number of anilines is 1. The lowest BCUT2D eigenvalue weighted by Gasteiger charge is -2.25. The van der Waals surface area contributed by atoms with Crippen LogP contribution in [0, 0.1) is 0 Å². The van der Waals surface area contributed by atoms with Gasteiger partial charge in [-0.3, -0.25) is 0 Å². The molecule has 0 unspecified atom stereocenters. The fourth-order valence-corrected chi connectivity index (χ4v) is 3.01. The van der Waals surface area contributed by atoms with Gasteiger partial charge in [-0.25, -0.2) is 0 Å². The van der Waals surface area contributed by atoms with Crippen molar-refractivity contribution in [3.63, 3.8) is 0 Å². The summed E-state index contributed by atoms with van der Waals surface area (Å²) in [7, 11) is 0. The molecule has 1 saturated carbocycles. The minimum atomic E-state index is 0.444. The fraction of sp³-hybridized carbons (Fsp3) is 0.500. The van der Waals surface area contributed by atoms with Crippen LogP contribution in [0.3, 0.4) is 0 Å². The molecule has 2 rings (SSSR count). The van der Waals surface area contributed by atoms with Crippen molar-refractivity contribution in [2.24, 2.45) is 5.73 Å². The lowest BCUT2D eigenvalue weighted by Crippen LogP contribution is -2.26. The molecule has 1 aromatic carbocycles. The molecule has 0 aliphatic heterocycles. The van der Waals surface area contributed by atoms with Crippen molar-refractivity contribution in [3.8, 4) is 0 Å². The van der Waals surface area contributed by atoms with Gasteiger partial charge in [-0.15, -0.1) is 0 Å². The molecule has 2 N–H and O–H groups in total. The smallest absolute Gasteiger partial charge is 0.105 e. The van der Waals surface area contributed by atoms with Gasteiger partial charge < -0.3 is 10.6 Å². The average Bonchev–Trinajstić information content (AvgIpc) is 3.13. The maximum Gasteiger partial charge on any atom is 0.105 e. The van der Waals surface area contributed by atoms with Gasteiger partial charge in [0.2, 0.25) is 0 Å². The Morgan fingerprint density at radius 3 is 2.72 bits per heavy atom. The summed E-state index contributed by atoms with van der Waals surface area (Å²) in [4.78, 5) is 2.96. The Kier molecular flexibility index (Phi) is 4.62. The van der Waals surface area contributed by atoms with Crippen molar-refractivity contribution in [1.29, 1.82) is 0 Å². The molecule has 0 aromatic heterocycles. The molecule has 0 radical (unpaired) electrons. The largest absolute Gasteiger partial charge is 0.389 e. The second-order valence-corrected chi connectivity index (χ2v) is 6.10. The Morgan fingerprint density at radius 2 is 2.22 bits per heavy atom. The first kappa shape index (κ1) is 13.8. The number of hydrogen-bond donors (Lipinski definition) is 1. The van der Waals surface area contributed by atoms with Gasteiger partial charge >= 0.3 is 0 Å². The van der Waals surface area contributed by atoms with E-state index in [2.05, 4.69) is 39.9 Å². The van der Waals surface area contributed by atoms with Gasteiger partial charge in [-0.2, -0.15) is 0 Å². The summed E-state index contributed by atoms with van der Waals surface area (Å²) in [5, 5.41) is 0. The number of unbranched alkanes of at least 4 members (excludes halogenated alkanes) is 1. The number of rotatable bonds is 6. The van der Waals surface area contributed by atoms with Gasteiger partial charge in [0.05, 0.1) is 0 Å². The van der Waals surface area contributed by atoms with E-state index >= 15 is 0 Å². The number of nitrogens with two attached hydrogens (primary N) is 1. The summed E-state index contributed by atoms with van der Waals surface area (Å²) in [5.41, 5.74) is 7.87. The molecule has 4 heteroatoms. The Hall–Kier alpha value is -0.610. The molecule has 18 heavy (non-hydrogen) atoms. The van der Waals surface area contributed by atoms with Crippen LogP contribution in [-0.2, 0) is 0 Å². The molecule has 1 fully saturated rings. The first-order valence-electron chi connectivity index (χ1n) is 6.49. The second kappa shape index (κ2) is 6.02. The third-order valence-corrected chi connectivity index (χ3v) is 4.17. The highest BCUT2D eigenvalue weighted by atomic mass is 79.9. The van der Waals surface area contributed by atoms with E-state index < -0.39 is 0 Å². The number of nitrogens with zero attached hydrogens (tertiary/aromatic N) is 1. The summed E-state index contributed by atoms with van der Waals surface area (Å²) in [6, 6.07) is 7.03. The molecule has 98 valence electrons. The first-order chi connectivity index (χ1) is 8.63. The monoisotopic (exact) mass is 326 g/mol. The van der Waals surface area contributed by atoms with Crippen LogP contribution in [0.25, 0.3) is 0 Å². The Balaban J connectivity index is 2.19. The van der Waals surface area contributed by atoms with E-state index in [0.717, 1.165) is 22.6 Å². The van der Waals surface area contributed by atoms with Gasteiger partial charge in [0.1, 0.15) is 4.99 Å². The number of halogens is 1. The van der Waals surface area contributed by atoms with E-state index in [0.29, 0.717) is 4.99 Å². The van der Waals surface area contributed by atoms with E-state index in [1.165, 1.54) is 31.4 Å². The SMILES string of the molecule is CCCCN(c1ccc(C(N)=S)c(Br)c1)C1CC1. The minimum Gasteiger partial charge on any atom is -0.389 e. The van der Waals surface area contributed by atoms with Crippen LogP contribution in [0.1, 0.15) is 38.2 Å². The normalized spacial score (nSPS) is 14.6. The summed E-state index contributed by atoms with van der Waals surface area (Å²) < 4.78 is 0.995. The van der Waals surface area contributed by atoms with Gasteiger partial charge in [-0.1, -0.05) is 25.6 Å². The summed E-state index contributed by atoms with van der Waals surface area (Å²) in [6.07, 6.45) is 5.11. The van der Waals surface area contributed by atoms with Gasteiger partial charge in [0, 0.05) is 28.3 Å². The Labute approximate surface area is 123 Å². The lowest BCUT2D eigenvalue weighted by molar-refractivity contribution is 0.713. The maximum atomic E-state index is 5.68. The molecule has 0 saturated heterocycles. The summed E-state index contributed by atoms with van der Waals surface area (Å²) in [6.45, 7) is 3.37. The van der Waals surface area contributed by atoms with E-state index in [9.17, 15) is 0 Å². The van der Waals surface area contributed by atoms with Crippen LogP contribution in [0.4, 0.5) is 5.69 Å². The highest BCUT2D eigenvalue weighted by molar-refractivity contribution is 9.10. The molecule has 1 aliphatic carbocycles. The van der Waals surface area contributed by atoms with E-state index in [-0.39, 0.29) is 0 Å². The summed E-state index contributed by atoms with van der Waals surface area (Å²) >= 11 is 8.59. The molecule has 0 heterocycles. The van der Waals surface area contributed by atoms with Crippen molar-refractivity contribution in [3.05, 3.63) is 28.2 Å². The molecule has 0 spiro atoms. The minimum absolute atomic E-state index is 0.444. The van der Waals surface area contributed by atoms with Crippen LogP contribution >= 0.6 is 28.1 Å². The highest BCUT2D eigenvalue weighted by Crippen LogP contribution is 2.34. The van der Waals surface area contributed by atoms with Crippen LogP contribution < -0.4 is 10.6 Å². The van der Waals surface area contributed by atoms with E-state index in [1.807, 2.05) is 6.07 Å². The second-order valence-electron chi connectivity index (χ2n) is 4.81. The number of thiocarbonyl (C=S) groups is 1. The topological polar surface area (TPSA) is 29.3 Å². The van der Waals surface area contributed by atoms with Gasteiger partial charge in [0.15, 0.2) is 0 Å². The molecule has 0 bridgehead atoms. The van der Waals surface area contributed by atoms with Crippen molar-refractivity contribution in [2.45, 2.75) is 38.6 Å². The zero-order valence-electron chi connectivity index (χ0n) is 10.7. The summed E-state index contributed by atoms with van der Waals surface area (Å²) in [5.74, 6) is 0. The van der Waals surface area contributed by atoms with Crippen LogP contribution in [0.5, 0.6) is 0 Å². The fourth-order valence-electron chi connectivity index (χ4n) is 2.12.